The van der Waals surface area contributed by atoms with Gasteiger partial charge in [-0.25, -0.2) is 9.97 Å². The molecule has 5 nitrogen and oxygen atoms in total. The predicted molar refractivity (Wildman–Crippen MR) is 91.3 cm³/mol. The van der Waals surface area contributed by atoms with Crippen LogP contribution in [0, 0.1) is 0 Å². The van der Waals surface area contributed by atoms with Gasteiger partial charge in [-0.05, 0) is 51.2 Å². The zero-order valence-corrected chi connectivity index (χ0v) is 13.4. The van der Waals surface area contributed by atoms with Gasteiger partial charge in [-0.1, -0.05) is 0 Å². The van der Waals surface area contributed by atoms with Crippen LogP contribution in [0.15, 0.2) is 29.8 Å². The fraction of sp³-hybridized carbons (Fsp3) is 0.375. The number of hydrogen-bond acceptors (Lipinski definition) is 5. The molecule has 0 amide bonds. The van der Waals surface area contributed by atoms with Crippen molar-refractivity contribution in [2.45, 2.75) is 18.9 Å². The number of H-pyrrole nitrogens is 1. The molecule has 1 saturated heterocycles. The van der Waals surface area contributed by atoms with E-state index in [1.54, 1.807) is 11.3 Å². The van der Waals surface area contributed by atoms with E-state index in [0.717, 1.165) is 53.5 Å². The van der Waals surface area contributed by atoms with Gasteiger partial charge in [0, 0.05) is 23.2 Å². The van der Waals surface area contributed by atoms with Crippen molar-refractivity contribution in [2.75, 3.05) is 25.5 Å². The maximum absolute atomic E-state index is 4.65. The van der Waals surface area contributed by atoms with Gasteiger partial charge in [0.05, 0.1) is 11.0 Å². The second-order valence-corrected chi connectivity index (χ2v) is 6.77. The lowest BCUT2D eigenvalue weighted by molar-refractivity contribution is 0.263. The average molecular weight is 313 g/mol. The second kappa shape index (κ2) is 5.70. The Labute approximate surface area is 133 Å². The highest BCUT2D eigenvalue weighted by atomic mass is 32.1. The number of aromatic amines is 1. The lowest BCUT2D eigenvalue weighted by atomic mass is 10.1. The Morgan fingerprint density at radius 2 is 2.18 bits per heavy atom. The van der Waals surface area contributed by atoms with Crippen molar-refractivity contribution >= 4 is 28.3 Å². The quantitative estimate of drug-likeness (QED) is 0.780. The number of nitrogens with one attached hydrogen (secondary N) is 2. The molecule has 0 atom stereocenters. The minimum Gasteiger partial charge on any atom is -0.353 e. The van der Waals surface area contributed by atoms with Crippen molar-refractivity contribution in [1.29, 1.82) is 0 Å². The molecule has 1 fully saturated rings. The molecule has 0 radical (unpaired) electrons. The van der Waals surface area contributed by atoms with Crippen molar-refractivity contribution < 1.29 is 0 Å². The largest absolute Gasteiger partial charge is 0.353 e. The number of anilines is 1. The average Bonchev–Trinajstić information content (AvgIpc) is 3.17. The highest BCUT2D eigenvalue weighted by Crippen LogP contribution is 2.26. The molecule has 4 rings (SSSR count). The summed E-state index contributed by atoms with van der Waals surface area (Å²) >= 11 is 1.65. The molecule has 6 heteroatoms. The Hall–Kier alpha value is -1.92. The third-order valence-electron chi connectivity index (χ3n) is 4.22. The second-order valence-electron chi connectivity index (χ2n) is 5.88. The predicted octanol–water partition coefficient (Wildman–Crippen LogP) is 3.19. The van der Waals surface area contributed by atoms with Crippen LogP contribution in [0.4, 0.5) is 5.95 Å². The lowest BCUT2D eigenvalue weighted by Crippen LogP contribution is -2.36. The first kappa shape index (κ1) is 13.7. The topological polar surface area (TPSA) is 56.8 Å². The van der Waals surface area contributed by atoms with Crippen molar-refractivity contribution in [3.63, 3.8) is 0 Å². The number of piperidine rings is 1. The molecule has 1 aliphatic rings. The summed E-state index contributed by atoms with van der Waals surface area (Å²) < 4.78 is 0. The van der Waals surface area contributed by atoms with Gasteiger partial charge in [-0.2, -0.15) is 0 Å². The Balaban J connectivity index is 1.55. The van der Waals surface area contributed by atoms with Gasteiger partial charge >= 0.3 is 0 Å². The van der Waals surface area contributed by atoms with Gasteiger partial charge < -0.3 is 15.2 Å². The summed E-state index contributed by atoms with van der Waals surface area (Å²) in [5.41, 5.74) is 3.19. The van der Waals surface area contributed by atoms with Gasteiger partial charge in [0.15, 0.2) is 0 Å². The minimum absolute atomic E-state index is 0.509. The van der Waals surface area contributed by atoms with Crippen LogP contribution >= 0.6 is 11.3 Å². The summed E-state index contributed by atoms with van der Waals surface area (Å²) in [6, 6.07) is 6.78. The van der Waals surface area contributed by atoms with Gasteiger partial charge in [-0.3, -0.25) is 0 Å². The number of benzene rings is 1. The SMILES string of the molecule is CN1CCC(Nc2nc3ccc(-c4nccs4)cc3[nH]2)CC1. The molecule has 0 spiro atoms. The van der Waals surface area contributed by atoms with Crippen LogP contribution in [0.2, 0.25) is 0 Å². The summed E-state index contributed by atoms with van der Waals surface area (Å²) in [5.74, 6) is 0.876. The van der Waals surface area contributed by atoms with E-state index in [2.05, 4.69) is 50.4 Å². The normalized spacial score (nSPS) is 17.1. The summed E-state index contributed by atoms with van der Waals surface area (Å²) in [7, 11) is 2.18. The third kappa shape index (κ3) is 2.71. The molecule has 2 N–H and O–H groups in total. The van der Waals surface area contributed by atoms with E-state index < -0.39 is 0 Å². The standard InChI is InChI=1S/C16H19N5S/c1-21-7-4-12(5-8-21)18-16-19-13-3-2-11(10-14(13)20-16)15-17-6-9-22-15/h2-3,6,9-10,12H,4-5,7-8H2,1H3,(H2,18,19,20). The number of rotatable bonds is 3. The van der Waals surface area contributed by atoms with E-state index in [1.807, 2.05) is 11.6 Å². The van der Waals surface area contributed by atoms with Crippen molar-refractivity contribution in [2.24, 2.45) is 0 Å². The van der Waals surface area contributed by atoms with Crippen molar-refractivity contribution in [3.8, 4) is 10.6 Å². The molecule has 3 aromatic rings. The number of nitrogens with zero attached hydrogens (tertiary/aromatic N) is 3. The van der Waals surface area contributed by atoms with Crippen LogP contribution in [0.1, 0.15) is 12.8 Å². The number of fused-ring (bicyclic) bond motifs is 1. The van der Waals surface area contributed by atoms with Crippen LogP contribution in [0.5, 0.6) is 0 Å². The van der Waals surface area contributed by atoms with Crippen molar-refractivity contribution in [3.05, 3.63) is 29.8 Å². The molecule has 0 saturated carbocycles. The van der Waals surface area contributed by atoms with E-state index in [9.17, 15) is 0 Å². The fourth-order valence-electron chi connectivity index (χ4n) is 2.92. The first-order valence-corrected chi connectivity index (χ1v) is 8.50. The monoisotopic (exact) mass is 313 g/mol. The van der Waals surface area contributed by atoms with Crippen LogP contribution < -0.4 is 5.32 Å². The highest BCUT2D eigenvalue weighted by molar-refractivity contribution is 7.13. The van der Waals surface area contributed by atoms with Gasteiger partial charge in [0.1, 0.15) is 5.01 Å². The molecule has 114 valence electrons. The number of aromatic nitrogens is 3. The Kier molecular flexibility index (Phi) is 3.56. The summed E-state index contributed by atoms with van der Waals surface area (Å²) in [5, 5.41) is 6.58. The number of likely N-dealkylation sites (tertiary alicyclic amines) is 1. The summed E-state index contributed by atoms with van der Waals surface area (Å²) in [6.07, 6.45) is 4.17. The van der Waals surface area contributed by atoms with E-state index in [1.165, 1.54) is 0 Å². The number of imidazole rings is 1. The first-order valence-electron chi connectivity index (χ1n) is 7.63. The maximum Gasteiger partial charge on any atom is 0.201 e. The fourth-order valence-corrected chi connectivity index (χ4v) is 3.56. The molecule has 0 unspecified atom stereocenters. The highest BCUT2D eigenvalue weighted by Gasteiger charge is 2.17. The Bertz CT molecular complexity index is 756. The molecular formula is C16H19N5S. The molecule has 0 aliphatic carbocycles. The number of hydrogen-bond donors (Lipinski definition) is 2. The molecule has 2 aromatic heterocycles. The van der Waals surface area contributed by atoms with E-state index in [-0.39, 0.29) is 0 Å². The summed E-state index contributed by atoms with van der Waals surface area (Å²) in [4.78, 5) is 14.8. The van der Waals surface area contributed by atoms with Crippen LogP contribution in [0.3, 0.4) is 0 Å². The number of thiazole rings is 1. The zero-order chi connectivity index (χ0) is 14.9. The van der Waals surface area contributed by atoms with Crippen molar-refractivity contribution in [1.82, 2.24) is 19.9 Å². The summed E-state index contributed by atoms with van der Waals surface area (Å²) in [6.45, 7) is 2.29. The van der Waals surface area contributed by atoms with Crippen LogP contribution in [0.25, 0.3) is 21.6 Å². The van der Waals surface area contributed by atoms with Gasteiger partial charge in [-0.15, -0.1) is 11.3 Å². The lowest BCUT2D eigenvalue weighted by Gasteiger charge is -2.29. The smallest absolute Gasteiger partial charge is 0.201 e. The molecule has 3 heterocycles. The first-order chi connectivity index (χ1) is 10.8. The van der Waals surface area contributed by atoms with Gasteiger partial charge in [0.2, 0.25) is 5.95 Å². The van der Waals surface area contributed by atoms with Crippen LogP contribution in [-0.2, 0) is 0 Å². The van der Waals surface area contributed by atoms with E-state index in [4.69, 9.17) is 0 Å². The Morgan fingerprint density at radius 1 is 1.32 bits per heavy atom. The molecular weight excluding hydrogens is 294 g/mol. The minimum atomic E-state index is 0.509. The van der Waals surface area contributed by atoms with Crippen LogP contribution in [-0.4, -0.2) is 46.0 Å². The molecule has 1 aliphatic heterocycles. The maximum atomic E-state index is 4.65. The Morgan fingerprint density at radius 3 is 2.95 bits per heavy atom. The zero-order valence-electron chi connectivity index (χ0n) is 12.5. The molecule has 0 bridgehead atoms. The molecule has 22 heavy (non-hydrogen) atoms. The van der Waals surface area contributed by atoms with E-state index >= 15 is 0 Å². The van der Waals surface area contributed by atoms with Gasteiger partial charge in [0.25, 0.3) is 0 Å². The molecule has 1 aromatic carbocycles. The van der Waals surface area contributed by atoms with E-state index in [0.29, 0.717) is 6.04 Å². The third-order valence-corrected chi connectivity index (χ3v) is 5.04.